The molecule has 0 aromatic heterocycles. The molecule has 0 saturated heterocycles. The largest absolute Gasteiger partial charge is 0.481 e. The maximum absolute atomic E-state index is 13.4. The molecular weight excluding hydrogens is 333 g/mol. The molecule has 1 aliphatic carbocycles. The number of carboxylic acids is 1. The van der Waals surface area contributed by atoms with Gasteiger partial charge in [-0.25, -0.2) is 4.39 Å². The number of hydrogen-bond donors (Lipinski definition) is 2. The zero-order valence-corrected chi connectivity index (χ0v) is 12.0. The summed E-state index contributed by atoms with van der Waals surface area (Å²) < 4.78 is 19.1. The van der Waals surface area contributed by atoms with Crippen LogP contribution >= 0.6 is 15.9 Å². The molecule has 1 fully saturated rings. The second kappa shape index (κ2) is 6.21. The molecule has 7 heteroatoms. The Morgan fingerprint density at radius 2 is 2.15 bits per heavy atom. The number of carbonyl (C=O) groups excluding carboxylic acids is 1. The van der Waals surface area contributed by atoms with Gasteiger partial charge < -0.3 is 15.2 Å². The number of halogens is 2. The van der Waals surface area contributed by atoms with Crippen molar-refractivity contribution in [3.8, 4) is 5.75 Å². The smallest absolute Gasteiger partial charge is 0.306 e. The summed E-state index contributed by atoms with van der Waals surface area (Å²) in [6.07, 6.45) is 0.849. The lowest BCUT2D eigenvalue weighted by Gasteiger charge is -2.32. The van der Waals surface area contributed by atoms with E-state index in [0.29, 0.717) is 17.3 Å². The van der Waals surface area contributed by atoms with E-state index in [1.54, 1.807) is 6.07 Å². The summed E-state index contributed by atoms with van der Waals surface area (Å²) >= 11 is 3.12. The van der Waals surface area contributed by atoms with Gasteiger partial charge in [0.15, 0.2) is 18.2 Å². The number of nitrogens with one attached hydrogen (secondary N) is 1. The first-order valence-corrected chi connectivity index (χ1v) is 6.85. The predicted octanol–water partition coefficient (Wildman–Crippen LogP) is 1.95. The van der Waals surface area contributed by atoms with Crippen molar-refractivity contribution in [2.75, 3.05) is 6.61 Å². The van der Waals surface area contributed by atoms with E-state index in [1.807, 2.05) is 0 Å². The highest BCUT2D eigenvalue weighted by atomic mass is 79.9. The standard InChI is InChI=1S/C13H13BrFNO4/c14-8-1-2-11(10(15)5-8)20-6-12(17)16-9-3-7(4-9)13(18)19/h1-2,5,7,9H,3-4,6H2,(H,16,17)(H,18,19). The summed E-state index contributed by atoms with van der Waals surface area (Å²) in [5.74, 6) is -2.17. The van der Waals surface area contributed by atoms with Gasteiger partial charge in [0.1, 0.15) is 0 Å². The van der Waals surface area contributed by atoms with Crippen LogP contribution in [-0.4, -0.2) is 29.6 Å². The van der Waals surface area contributed by atoms with Crippen molar-refractivity contribution in [3.63, 3.8) is 0 Å². The van der Waals surface area contributed by atoms with Gasteiger partial charge in [-0.05, 0) is 31.0 Å². The van der Waals surface area contributed by atoms with Crippen molar-refractivity contribution < 1.29 is 23.8 Å². The van der Waals surface area contributed by atoms with Gasteiger partial charge in [-0.2, -0.15) is 0 Å². The van der Waals surface area contributed by atoms with Gasteiger partial charge in [-0.3, -0.25) is 9.59 Å². The minimum atomic E-state index is -0.844. The molecule has 1 aromatic rings. The van der Waals surface area contributed by atoms with Gasteiger partial charge in [0.2, 0.25) is 0 Å². The van der Waals surface area contributed by atoms with Crippen LogP contribution in [0.3, 0.4) is 0 Å². The van der Waals surface area contributed by atoms with Crippen molar-refractivity contribution in [1.82, 2.24) is 5.32 Å². The normalized spacial score (nSPS) is 20.9. The van der Waals surface area contributed by atoms with Crippen molar-refractivity contribution in [2.45, 2.75) is 18.9 Å². The Morgan fingerprint density at radius 3 is 2.75 bits per heavy atom. The summed E-state index contributed by atoms with van der Waals surface area (Å²) in [5.41, 5.74) is 0. The Bertz CT molecular complexity index is 531. The van der Waals surface area contributed by atoms with E-state index in [2.05, 4.69) is 21.2 Å². The van der Waals surface area contributed by atoms with Crippen molar-refractivity contribution in [2.24, 2.45) is 5.92 Å². The Labute approximate surface area is 123 Å². The van der Waals surface area contributed by atoms with E-state index in [4.69, 9.17) is 9.84 Å². The summed E-state index contributed by atoms with van der Waals surface area (Å²) in [5, 5.41) is 11.4. The molecule has 0 atom stereocenters. The van der Waals surface area contributed by atoms with Gasteiger partial charge in [0, 0.05) is 10.5 Å². The fraction of sp³-hybridized carbons (Fsp3) is 0.385. The average molecular weight is 346 g/mol. The molecule has 20 heavy (non-hydrogen) atoms. The molecule has 2 N–H and O–H groups in total. The number of ether oxygens (including phenoxy) is 1. The molecule has 1 aliphatic rings. The maximum atomic E-state index is 13.4. The van der Waals surface area contributed by atoms with Crippen molar-refractivity contribution >= 4 is 27.8 Å². The van der Waals surface area contributed by atoms with E-state index in [1.165, 1.54) is 12.1 Å². The van der Waals surface area contributed by atoms with Crippen LogP contribution in [0.15, 0.2) is 22.7 Å². The van der Waals surface area contributed by atoms with Crippen LogP contribution in [0.5, 0.6) is 5.75 Å². The van der Waals surface area contributed by atoms with Gasteiger partial charge in [0.25, 0.3) is 5.91 Å². The molecule has 1 saturated carbocycles. The lowest BCUT2D eigenvalue weighted by Crippen LogP contribution is -2.48. The molecular formula is C13H13BrFNO4. The Kier molecular flexibility index (Phi) is 4.59. The summed E-state index contributed by atoms with van der Waals surface area (Å²) in [6, 6.07) is 4.15. The minimum Gasteiger partial charge on any atom is -0.481 e. The zero-order chi connectivity index (χ0) is 14.7. The number of rotatable bonds is 5. The fourth-order valence-electron chi connectivity index (χ4n) is 1.94. The second-order valence-electron chi connectivity index (χ2n) is 4.63. The van der Waals surface area contributed by atoms with E-state index in [0.717, 1.165) is 0 Å². The average Bonchev–Trinajstić information content (AvgIpc) is 2.31. The zero-order valence-electron chi connectivity index (χ0n) is 10.4. The Balaban J connectivity index is 1.74. The first-order chi connectivity index (χ1) is 9.45. The van der Waals surface area contributed by atoms with Crippen LogP contribution in [0.1, 0.15) is 12.8 Å². The summed E-state index contributed by atoms with van der Waals surface area (Å²) in [6.45, 7) is -0.299. The first kappa shape index (κ1) is 14.8. The number of benzene rings is 1. The Hall–Kier alpha value is -1.63. The molecule has 0 heterocycles. The van der Waals surface area contributed by atoms with Crippen LogP contribution in [0.2, 0.25) is 0 Å². The van der Waals surface area contributed by atoms with E-state index in [9.17, 15) is 14.0 Å². The third kappa shape index (κ3) is 3.69. The fourth-order valence-corrected chi connectivity index (χ4v) is 2.28. The van der Waals surface area contributed by atoms with Crippen LogP contribution in [0, 0.1) is 11.7 Å². The molecule has 2 rings (SSSR count). The molecule has 5 nitrogen and oxygen atoms in total. The predicted molar refractivity (Wildman–Crippen MR) is 71.9 cm³/mol. The number of aliphatic carboxylic acids is 1. The van der Waals surface area contributed by atoms with Crippen LogP contribution in [0.25, 0.3) is 0 Å². The molecule has 108 valence electrons. The SMILES string of the molecule is O=C(COc1ccc(Br)cc1F)NC1CC(C(=O)O)C1. The highest BCUT2D eigenvalue weighted by molar-refractivity contribution is 9.10. The van der Waals surface area contributed by atoms with Crippen molar-refractivity contribution in [3.05, 3.63) is 28.5 Å². The minimum absolute atomic E-state index is 0.000344. The molecule has 0 spiro atoms. The van der Waals surface area contributed by atoms with Gasteiger partial charge in [-0.1, -0.05) is 15.9 Å². The van der Waals surface area contributed by atoms with Gasteiger partial charge >= 0.3 is 5.97 Å². The number of hydrogen-bond acceptors (Lipinski definition) is 3. The maximum Gasteiger partial charge on any atom is 0.306 e. The second-order valence-corrected chi connectivity index (χ2v) is 5.55. The highest BCUT2D eigenvalue weighted by Gasteiger charge is 2.35. The lowest BCUT2D eigenvalue weighted by molar-refractivity contribution is -0.146. The summed E-state index contributed by atoms with van der Waals surface area (Å²) in [7, 11) is 0. The number of carboxylic acid groups (broad SMARTS) is 1. The molecule has 0 radical (unpaired) electrons. The highest BCUT2D eigenvalue weighted by Crippen LogP contribution is 2.27. The topological polar surface area (TPSA) is 75.6 Å². The quantitative estimate of drug-likeness (QED) is 0.855. The molecule has 0 unspecified atom stereocenters. The van der Waals surface area contributed by atoms with E-state index >= 15 is 0 Å². The van der Waals surface area contributed by atoms with E-state index < -0.39 is 11.8 Å². The van der Waals surface area contributed by atoms with Crippen LogP contribution in [-0.2, 0) is 9.59 Å². The molecule has 1 amide bonds. The molecule has 0 bridgehead atoms. The van der Waals surface area contributed by atoms with Gasteiger partial charge in [-0.15, -0.1) is 0 Å². The lowest BCUT2D eigenvalue weighted by atomic mass is 9.80. The monoisotopic (exact) mass is 345 g/mol. The van der Waals surface area contributed by atoms with Gasteiger partial charge in [0.05, 0.1) is 5.92 Å². The van der Waals surface area contributed by atoms with Crippen LogP contribution < -0.4 is 10.1 Å². The third-order valence-corrected chi connectivity index (χ3v) is 3.60. The van der Waals surface area contributed by atoms with E-state index in [-0.39, 0.29) is 30.2 Å². The summed E-state index contributed by atoms with van der Waals surface area (Å²) in [4.78, 5) is 22.2. The first-order valence-electron chi connectivity index (χ1n) is 6.05. The van der Waals surface area contributed by atoms with Crippen LogP contribution in [0.4, 0.5) is 4.39 Å². The number of amides is 1. The number of carbonyl (C=O) groups is 2. The molecule has 1 aromatic carbocycles. The Morgan fingerprint density at radius 1 is 1.45 bits per heavy atom. The molecule has 0 aliphatic heterocycles. The third-order valence-electron chi connectivity index (χ3n) is 3.11. The van der Waals surface area contributed by atoms with Crippen molar-refractivity contribution in [1.29, 1.82) is 0 Å².